The van der Waals surface area contributed by atoms with Crippen LogP contribution in [0.25, 0.3) is 0 Å². The number of rotatable bonds is 5. The van der Waals surface area contributed by atoms with Crippen molar-refractivity contribution in [3.05, 3.63) is 35.4 Å². The fourth-order valence-corrected chi connectivity index (χ4v) is 1.80. The van der Waals surface area contributed by atoms with Crippen LogP contribution in [0.5, 0.6) is 0 Å². The predicted octanol–water partition coefficient (Wildman–Crippen LogP) is 3.36. The molecule has 2 N–H and O–H groups in total. The molecular weight excluding hydrogens is 290 g/mol. The molecule has 0 aliphatic heterocycles. The van der Waals surface area contributed by atoms with E-state index < -0.39 is 28.9 Å². The predicted molar refractivity (Wildman–Crippen MR) is 81.5 cm³/mol. The number of carbonyl (C=O) groups is 1. The summed E-state index contributed by atoms with van der Waals surface area (Å²) in [5, 5.41) is 5.78. The number of alkyl carbamates (subject to hydrolysis) is 1. The van der Waals surface area contributed by atoms with Crippen molar-refractivity contribution >= 4 is 6.09 Å². The van der Waals surface area contributed by atoms with Crippen molar-refractivity contribution in [2.75, 3.05) is 6.54 Å². The molecule has 0 unspecified atom stereocenters. The Bertz CT molecular complexity index is 525. The average molecular weight is 314 g/mol. The fourth-order valence-electron chi connectivity index (χ4n) is 1.80. The van der Waals surface area contributed by atoms with Gasteiger partial charge < -0.3 is 15.4 Å². The van der Waals surface area contributed by atoms with Crippen LogP contribution in [0.1, 0.15) is 40.2 Å². The summed E-state index contributed by atoms with van der Waals surface area (Å²) in [5.74, 6) is -1.20. The number of ether oxygens (including phenoxy) is 1. The van der Waals surface area contributed by atoms with Gasteiger partial charge in [-0.3, -0.25) is 0 Å². The highest BCUT2D eigenvalue weighted by Gasteiger charge is 2.24. The lowest BCUT2D eigenvalue weighted by Crippen LogP contribution is -2.51. The summed E-state index contributed by atoms with van der Waals surface area (Å²) >= 11 is 0. The molecule has 4 nitrogen and oxygen atoms in total. The van der Waals surface area contributed by atoms with E-state index in [-0.39, 0.29) is 6.54 Å². The summed E-state index contributed by atoms with van der Waals surface area (Å²) in [6.07, 6.45) is -0.507. The highest BCUT2D eigenvalue weighted by Crippen LogP contribution is 2.11. The average Bonchev–Trinajstić information content (AvgIpc) is 2.28. The molecular formula is C16H24F2N2O2. The fraction of sp³-hybridized carbons (Fsp3) is 0.562. The maximum atomic E-state index is 13.5. The second-order valence-corrected chi connectivity index (χ2v) is 6.85. The standard InChI is InChI=1S/C16H24F2N2O2/c1-15(2,3)22-14(21)20-16(4,5)10-19-9-11-6-7-12(17)8-13(11)18/h6-8,19H,9-10H2,1-5H3,(H,20,21). The van der Waals surface area contributed by atoms with Gasteiger partial charge in [0.1, 0.15) is 17.2 Å². The number of carbonyl (C=O) groups excluding carboxylic acids is 1. The molecule has 1 aromatic carbocycles. The van der Waals surface area contributed by atoms with Gasteiger partial charge in [-0.25, -0.2) is 13.6 Å². The van der Waals surface area contributed by atoms with Crippen molar-refractivity contribution in [2.24, 2.45) is 0 Å². The van der Waals surface area contributed by atoms with Crippen LogP contribution < -0.4 is 10.6 Å². The molecule has 0 fully saturated rings. The van der Waals surface area contributed by atoms with Gasteiger partial charge in [0.2, 0.25) is 0 Å². The zero-order chi connectivity index (χ0) is 17.0. The Morgan fingerprint density at radius 2 is 1.82 bits per heavy atom. The number of hydrogen-bond acceptors (Lipinski definition) is 3. The first kappa shape index (κ1) is 18.4. The van der Waals surface area contributed by atoms with Crippen LogP contribution in [0, 0.1) is 11.6 Å². The van der Waals surface area contributed by atoms with Gasteiger partial charge in [-0.15, -0.1) is 0 Å². The first-order valence-electron chi connectivity index (χ1n) is 7.14. The van der Waals surface area contributed by atoms with E-state index in [2.05, 4.69) is 10.6 Å². The highest BCUT2D eigenvalue weighted by molar-refractivity contribution is 5.68. The molecule has 1 aromatic rings. The number of halogens is 2. The van der Waals surface area contributed by atoms with E-state index in [0.717, 1.165) is 6.07 Å². The minimum absolute atomic E-state index is 0.242. The van der Waals surface area contributed by atoms with E-state index in [0.29, 0.717) is 12.1 Å². The second-order valence-electron chi connectivity index (χ2n) is 6.85. The van der Waals surface area contributed by atoms with Gasteiger partial charge in [0, 0.05) is 24.7 Å². The Morgan fingerprint density at radius 1 is 1.18 bits per heavy atom. The minimum atomic E-state index is -0.604. The van der Waals surface area contributed by atoms with Crippen molar-refractivity contribution < 1.29 is 18.3 Å². The number of hydrogen-bond donors (Lipinski definition) is 2. The number of amides is 1. The molecule has 0 heterocycles. The van der Waals surface area contributed by atoms with E-state index in [4.69, 9.17) is 4.74 Å². The molecule has 0 atom stereocenters. The van der Waals surface area contributed by atoms with Crippen LogP contribution in [0.4, 0.5) is 13.6 Å². The van der Waals surface area contributed by atoms with Crippen LogP contribution in [0.3, 0.4) is 0 Å². The van der Waals surface area contributed by atoms with Gasteiger partial charge in [-0.1, -0.05) is 6.07 Å². The first-order valence-corrected chi connectivity index (χ1v) is 7.14. The molecule has 1 amide bonds. The van der Waals surface area contributed by atoms with Gasteiger partial charge in [-0.05, 0) is 40.7 Å². The maximum Gasteiger partial charge on any atom is 0.408 e. The monoisotopic (exact) mass is 314 g/mol. The quantitative estimate of drug-likeness (QED) is 0.876. The number of benzene rings is 1. The zero-order valence-corrected chi connectivity index (χ0v) is 13.7. The number of nitrogens with one attached hydrogen (secondary N) is 2. The Labute approximate surface area is 130 Å². The lowest BCUT2D eigenvalue weighted by atomic mass is 10.1. The summed E-state index contributed by atoms with van der Waals surface area (Å²) < 4.78 is 31.5. The Balaban J connectivity index is 2.47. The lowest BCUT2D eigenvalue weighted by Gasteiger charge is -2.29. The molecule has 0 aliphatic rings. The van der Waals surface area contributed by atoms with Crippen LogP contribution in [-0.2, 0) is 11.3 Å². The Hall–Kier alpha value is -1.69. The molecule has 0 aliphatic carbocycles. The van der Waals surface area contributed by atoms with Crippen LogP contribution in [0.2, 0.25) is 0 Å². The normalized spacial score (nSPS) is 12.1. The summed E-state index contributed by atoms with van der Waals surface area (Å²) in [6.45, 7) is 9.66. The van der Waals surface area contributed by atoms with E-state index in [1.165, 1.54) is 12.1 Å². The van der Waals surface area contributed by atoms with Gasteiger partial charge in [-0.2, -0.15) is 0 Å². The molecule has 0 saturated heterocycles. The molecule has 0 aromatic heterocycles. The van der Waals surface area contributed by atoms with Crippen molar-refractivity contribution in [1.29, 1.82) is 0 Å². The largest absolute Gasteiger partial charge is 0.444 e. The van der Waals surface area contributed by atoms with Crippen molar-refractivity contribution in [2.45, 2.75) is 52.3 Å². The third-order valence-corrected chi connectivity index (χ3v) is 2.74. The maximum absolute atomic E-state index is 13.5. The third kappa shape index (κ3) is 6.85. The van der Waals surface area contributed by atoms with Crippen molar-refractivity contribution in [3.8, 4) is 0 Å². The molecule has 0 spiro atoms. The molecule has 6 heteroatoms. The summed E-state index contributed by atoms with van der Waals surface area (Å²) in [6, 6.07) is 3.46. The summed E-state index contributed by atoms with van der Waals surface area (Å²) in [5.41, 5.74) is -0.765. The lowest BCUT2D eigenvalue weighted by molar-refractivity contribution is 0.0472. The molecule has 0 saturated carbocycles. The Kier molecular flexibility index (Phi) is 5.88. The van der Waals surface area contributed by atoms with E-state index in [9.17, 15) is 13.6 Å². The minimum Gasteiger partial charge on any atom is -0.444 e. The van der Waals surface area contributed by atoms with Crippen molar-refractivity contribution in [1.82, 2.24) is 10.6 Å². The first-order chi connectivity index (χ1) is 9.98. The van der Waals surface area contributed by atoms with E-state index in [1.807, 2.05) is 13.8 Å². The summed E-state index contributed by atoms with van der Waals surface area (Å²) in [4.78, 5) is 11.7. The van der Waals surface area contributed by atoms with Gasteiger partial charge in [0.15, 0.2) is 0 Å². The topological polar surface area (TPSA) is 50.4 Å². The smallest absolute Gasteiger partial charge is 0.408 e. The van der Waals surface area contributed by atoms with E-state index in [1.54, 1.807) is 20.8 Å². The molecule has 1 rings (SSSR count). The third-order valence-electron chi connectivity index (χ3n) is 2.74. The SMILES string of the molecule is CC(C)(CNCc1ccc(F)cc1F)NC(=O)OC(C)(C)C. The van der Waals surface area contributed by atoms with Crippen LogP contribution in [0.15, 0.2) is 18.2 Å². The van der Waals surface area contributed by atoms with Crippen LogP contribution >= 0.6 is 0 Å². The zero-order valence-electron chi connectivity index (χ0n) is 13.7. The Morgan fingerprint density at radius 3 is 2.36 bits per heavy atom. The molecule has 0 bridgehead atoms. The van der Waals surface area contributed by atoms with Gasteiger partial charge in [0.05, 0.1) is 5.54 Å². The molecule has 0 radical (unpaired) electrons. The van der Waals surface area contributed by atoms with Crippen LogP contribution in [-0.4, -0.2) is 23.8 Å². The molecule has 22 heavy (non-hydrogen) atoms. The summed E-state index contributed by atoms with van der Waals surface area (Å²) in [7, 11) is 0. The van der Waals surface area contributed by atoms with E-state index >= 15 is 0 Å². The highest BCUT2D eigenvalue weighted by atomic mass is 19.1. The second kappa shape index (κ2) is 7.05. The van der Waals surface area contributed by atoms with Gasteiger partial charge >= 0.3 is 6.09 Å². The van der Waals surface area contributed by atoms with Crippen molar-refractivity contribution in [3.63, 3.8) is 0 Å². The van der Waals surface area contributed by atoms with Gasteiger partial charge in [0.25, 0.3) is 0 Å². The molecule has 124 valence electrons.